The first kappa shape index (κ1) is 16.9. The zero-order valence-electron chi connectivity index (χ0n) is 13.9. The molecule has 0 aliphatic carbocycles. The monoisotopic (exact) mass is 336 g/mol. The van der Waals surface area contributed by atoms with Crippen molar-refractivity contribution in [3.63, 3.8) is 0 Å². The van der Waals surface area contributed by atoms with E-state index in [1.807, 2.05) is 6.07 Å². The normalized spacial score (nSPS) is 14.8. The van der Waals surface area contributed by atoms with Crippen molar-refractivity contribution in [2.75, 3.05) is 42.9 Å². The summed E-state index contributed by atoms with van der Waals surface area (Å²) in [5.41, 5.74) is 1.20. The summed E-state index contributed by atoms with van der Waals surface area (Å²) < 4.78 is 0. The van der Waals surface area contributed by atoms with Gasteiger partial charge < -0.3 is 10.2 Å². The van der Waals surface area contributed by atoms with Crippen LogP contribution < -0.4 is 10.2 Å². The number of anilines is 2. The summed E-state index contributed by atoms with van der Waals surface area (Å²) in [6.45, 7) is 4.20. The maximum absolute atomic E-state index is 12.1. The standard InChI is InChI=1S/C18H20N6O/c19-14-15-3-1-4-16(13-15)22-17(25)5-8-23-9-11-24(12-10-23)18-20-6-2-7-21-18/h1-4,6-7,13H,5,8-12H2,(H,22,25). The molecular formula is C18H20N6O. The zero-order chi connectivity index (χ0) is 17.5. The third-order valence-corrected chi connectivity index (χ3v) is 4.14. The smallest absolute Gasteiger partial charge is 0.225 e. The number of hydrogen-bond acceptors (Lipinski definition) is 6. The summed E-state index contributed by atoms with van der Waals surface area (Å²) in [7, 11) is 0. The van der Waals surface area contributed by atoms with Gasteiger partial charge in [-0.3, -0.25) is 9.69 Å². The molecule has 2 heterocycles. The summed E-state index contributed by atoms with van der Waals surface area (Å²) in [5.74, 6) is 0.723. The molecule has 2 aromatic rings. The Bertz CT molecular complexity index is 750. The summed E-state index contributed by atoms with van der Waals surface area (Å²) in [4.78, 5) is 25.1. The Kier molecular flexibility index (Phi) is 5.54. The van der Waals surface area contributed by atoms with Crippen LogP contribution in [0, 0.1) is 11.3 Å². The quantitative estimate of drug-likeness (QED) is 0.891. The van der Waals surface area contributed by atoms with E-state index in [0.29, 0.717) is 24.2 Å². The van der Waals surface area contributed by atoms with Gasteiger partial charge in [-0.05, 0) is 24.3 Å². The fourth-order valence-electron chi connectivity index (χ4n) is 2.78. The molecule has 1 aromatic heterocycles. The Balaban J connectivity index is 1.42. The lowest BCUT2D eigenvalue weighted by Gasteiger charge is -2.34. The molecule has 0 saturated carbocycles. The second kappa shape index (κ2) is 8.22. The van der Waals surface area contributed by atoms with Gasteiger partial charge in [0.05, 0.1) is 11.6 Å². The molecule has 7 nitrogen and oxygen atoms in total. The highest BCUT2D eigenvalue weighted by atomic mass is 16.1. The van der Waals surface area contributed by atoms with E-state index in [2.05, 4.69) is 31.2 Å². The molecule has 1 aliphatic heterocycles. The molecule has 0 spiro atoms. The lowest BCUT2D eigenvalue weighted by atomic mass is 10.2. The Morgan fingerprint density at radius 3 is 2.64 bits per heavy atom. The minimum absolute atomic E-state index is 0.0380. The maximum atomic E-state index is 12.1. The number of aromatic nitrogens is 2. The van der Waals surface area contributed by atoms with Gasteiger partial charge >= 0.3 is 0 Å². The van der Waals surface area contributed by atoms with Crippen LogP contribution in [0.25, 0.3) is 0 Å². The maximum Gasteiger partial charge on any atom is 0.225 e. The highest BCUT2D eigenvalue weighted by Gasteiger charge is 2.19. The van der Waals surface area contributed by atoms with Crippen molar-refractivity contribution < 1.29 is 4.79 Å². The SMILES string of the molecule is N#Cc1cccc(NC(=O)CCN2CCN(c3ncccn3)CC2)c1. The van der Waals surface area contributed by atoms with Crippen LogP contribution in [-0.4, -0.2) is 53.5 Å². The molecule has 1 saturated heterocycles. The summed E-state index contributed by atoms with van der Waals surface area (Å²) in [6.07, 6.45) is 3.93. The summed E-state index contributed by atoms with van der Waals surface area (Å²) in [5, 5.41) is 11.7. The fourth-order valence-corrected chi connectivity index (χ4v) is 2.78. The molecule has 128 valence electrons. The first-order valence-corrected chi connectivity index (χ1v) is 8.29. The van der Waals surface area contributed by atoms with Gasteiger partial charge in [-0.15, -0.1) is 0 Å². The van der Waals surface area contributed by atoms with Gasteiger partial charge in [-0.1, -0.05) is 6.07 Å². The number of nitrogens with zero attached hydrogens (tertiary/aromatic N) is 5. The van der Waals surface area contributed by atoms with E-state index >= 15 is 0 Å². The molecule has 7 heteroatoms. The van der Waals surface area contributed by atoms with Crippen molar-refractivity contribution in [2.24, 2.45) is 0 Å². The molecule has 1 aromatic carbocycles. The number of hydrogen-bond donors (Lipinski definition) is 1. The van der Waals surface area contributed by atoms with E-state index in [0.717, 1.165) is 32.1 Å². The molecule has 3 rings (SSSR count). The predicted molar refractivity (Wildman–Crippen MR) is 95.1 cm³/mol. The van der Waals surface area contributed by atoms with Gasteiger partial charge in [-0.2, -0.15) is 5.26 Å². The van der Waals surface area contributed by atoms with E-state index in [1.54, 1.807) is 36.7 Å². The minimum atomic E-state index is -0.0380. The predicted octanol–water partition coefficient (Wildman–Crippen LogP) is 1.50. The van der Waals surface area contributed by atoms with Gasteiger partial charge in [0, 0.05) is 57.2 Å². The zero-order valence-corrected chi connectivity index (χ0v) is 13.9. The second-order valence-electron chi connectivity index (χ2n) is 5.87. The number of rotatable bonds is 5. The Labute approximate surface area is 146 Å². The van der Waals surface area contributed by atoms with Crippen molar-refractivity contribution in [1.82, 2.24) is 14.9 Å². The topological polar surface area (TPSA) is 85.2 Å². The van der Waals surface area contributed by atoms with Gasteiger partial charge in [0.15, 0.2) is 0 Å². The Morgan fingerprint density at radius 2 is 1.92 bits per heavy atom. The third-order valence-electron chi connectivity index (χ3n) is 4.14. The average Bonchev–Trinajstić information content (AvgIpc) is 2.67. The first-order chi connectivity index (χ1) is 12.2. The highest BCUT2D eigenvalue weighted by Crippen LogP contribution is 2.12. The van der Waals surface area contributed by atoms with E-state index in [-0.39, 0.29) is 5.91 Å². The van der Waals surface area contributed by atoms with Crippen LogP contribution in [0.2, 0.25) is 0 Å². The number of nitrogens with one attached hydrogen (secondary N) is 1. The number of amides is 1. The van der Waals surface area contributed by atoms with Gasteiger partial charge in [0.25, 0.3) is 0 Å². The first-order valence-electron chi connectivity index (χ1n) is 8.29. The van der Waals surface area contributed by atoms with E-state index in [1.165, 1.54) is 0 Å². The van der Waals surface area contributed by atoms with Crippen LogP contribution in [0.15, 0.2) is 42.7 Å². The van der Waals surface area contributed by atoms with Gasteiger partial charge in [0.2, 0.25) is 11.9 Å². The van der Waals surface area contributed by atoms with Crippen LogP contribution >= 0.6 is 0 Å². The molecular weight excluding hydrogens is 316 g/mol. The molecule has 1 amide bonds. The Hall–Kier alpha value is -2.98. The molecule has 1 fully saturated rings. The molecule has 0 bridgehead atoms. The van der Waals surface area contributed by atoms with E-state index < -0.39 is 0 Å². The van der Waals surface area contributed by atoms with Crippen molar-refractivity contribution in [3.8, 4) is 6.07 Å². The lowest BCUT2D eigenvalue weighted by Crippen LogP contribution is -2.47. The van der Waals surface area contributed by atoms with Crippen LogP contribution in [0.1, 0.15) is 12.0 Å². The van der Waals surface area contributed by atoms with Gasteiger partial charge in [-0.25, -0.2) is 9.97 Å². The second-order valence-corrected chi connectivity index (χ2v) is 5.87. The number of piperazine rings is 1. The molecule has 1 aliphatic rings. The molecule has 0 atom stereocenters. The summed E-state index contributed by atoms with van der Waals surface area (Å²) in [6, 6.07) is 10.8. The molecule has 0 radical (unpaired) electrons. The number of nitriles is 1. The number of carbonyl (C=O) groups excluding carboxylic acids is 1. The summed E-state index contributed by atoms with van der Waals surface area (Å²) >= 11 is 0. The van der Waals surface area contributed by atoms with Crippen molar-refractivity contribution in [3.05, 3.63) is 48.3 Å². The van der Waals surface area contributed by atoms with Crippen LogP contribution in [-0.2, 0) is 4.79 Å². The third kappa shape index (κ3) is 4.75. The van der Waals surface area contributed by atoms with Crippen LogP contribution in [0.3, 0.4) is 0 Å². The van der Waals surface area contributed by atoms with Crippen molar-refractivity contribution in [1.29, 1.82) is 5.26 Å². The van der Waals surface area contributed by atoms with Crippen LogP contribution in [0.4, 0.5) is 11.6 Å². The van der Waals surface area contributed by atoms with Crippen molar-refractivity contribution >= 4 is 17.5 Å². The minimum Gasteiger partial charge on any atom is -0.338 e. The molecule has 0 unspecified atom stereocenters. The van der Waals surface area contributed by atoms with Gasteiger partial charge in [0.1, 0.15) is 0 Å². The fraction of sp³-hybridized carbons (Fsp3) is 0.333. The van der Waals surface area contributed by atoms with E-state index in [9.17, 15) is 4.79 Å². The lowest BCUT2D eigenvalue weighted by molar-refractivity contribution is -0.116. The number of carbonyl (C=O) groups is 1. The largest absolute Gasteiger partial charge is 0.338 e. The molecule has 1 N–H and O–H groups in total. The highest BCUT2D eigenvalue weighted by molar-refractivity contribution is 5.90. The number of benzene rings is 1. The Morgan fingerprint density at radius 1 is 1.16 bits per heavy atom. The average molecular weight is 336 g/mol. The van der Waals surface area contributed by atoms with Crippen LogP contribution in [0.5, 0.6) is 0 Å². The van der Waals surface area contributed by atoms with Crippen molar-refractivity contribution in [2.45, 2.75) is 6.42 Å². The molecule has 25 heavy (non-hydrogen) atoms. The van der Waals surface area contributed by atoms with E-state index in [4.69, 9.17) is 5.26 Å².